The van der Waals surface area contributed by atoms with Crippen molar-refractivity contribution in [3.05, 3.63) is 113 Å². The maximum atomic E-state index is 13.5. The highest BCUT2D eigenvalue weighted by atomic mass is 35.5. The fraction of sp³-hybridized carbons (Fsp3) is 0.194. The monoisotopic (exact) mass is 555 g/mol. The van der Waals surface area contributed by atoms with Gasteiger partial charge in [-0.15, -0.1) is 0 Å². The number of aromatic nitrogens is 1. The molecule has 1 fully saturated rings. The number of piperazine rings is 1. The predicted molar refractivity (Wildman–Crippen MR) is 159 cm³/mol. The first-order valence-corrected chi connectivity index (χ1v) is 13.4. The van der Waals surface area contributed by atoms with E-state index in [1.807, 2.05) is 42.5 Å². The number of nitrogens with one attached hydrogen (secondary N) is 2. The summed E-state index contributed by atoms with van der Waals surface area (Å²) in [5, 5.41) is 6.25. The van der Waals surface area contributed by atoms with E-state index in [-0.39, 0.29) is 11.8 Å². The lowest BCUT2D eigenvalue weighted by molar-refractivity contribution is 0.0950. The van der Waals surface area contributed by atoms with Gasteiger partial charge < -0.3 is 25.2 Å². The summed E-state index contributed by atoms with van der Waals surface area (Å²) >= 11 is 6.22. The molecule has 2 N–H and O–H groups in total. The van der Waals surface area contributed by atoms with Gasteiger partial charge in [-0.25, -0.2) is 0 Å². The van der Waals surface area contributed by atoms with Gasteiger partial charge in [0, 0.05) is 56.5 Å². The van der Waals surface area contributed by atoms with Crippen LogP contribution in [0.25, 0.3) is 0 Å². The molecule has 0 radical (unpaired) electrons. The molecular weight excluding hydrogens is 526 g/mol. The zero-order chi connectivity index (χ0) is 27.9. The van der Waals surface area contributed by atoms with E-state index in [0.717, 1.165) is 35.8 Å². The summed E-state index contributed by atoms with van der Waals surface area (Å²) in [5.74, 6) is 0.260. The molecule has 5 rings (SSSR count). The third kappa shape index (κ3) is 6.18. The molecule has 204 valence electrons. The Bertz CT molecular complexity index is 1490. The number of benzene rings is 3. The molecule has 8 nitrogen and oxygen atoms in total. The smallest absolute Gasteiger partial charge is 0.257 e. The summed E-state index contributed by atoms with van der Waals surface area (Å²) in [6.07, 6.45) is 3.41. The number of amides is 2. The van der Waals surface area contributed by atoms with Crippen molar-refractivity contribution in [1.82, 2.24) is 10.3 Å². The van der Waals surface area contributed by atoms with Crippen molar-refractivity contribution in [3.8, 4) is 5.75 Å². The molecule has 3 aromatic carbocycles. The molecule has 0 atom stereocenters. The van der Waals surface area contributed by atoms with E-state index in [4.69, 9.17) is 16.3 Å². The van der Waals surface area contributed by atoms with Gasteiger partial charge in [0.15, 0.2) is 0 Å². The van der Waals surface area contributed by atoms with Crippen LogP contribution >= 0.6 is 11.6 Å². The first kappa shape index (κ1) is 27.0. The molecule has 0 spiro atoms. The van der Waals surface area contributed by atoms with Crippen LogP contribution in [0.1, 0.15) is 26.3 Å². The predicted octanol–water partition coefficient (Wildman–Crippen LogP) is 5.25. The van der Waals surface area contributed by atoms with E-state index in [1.165, 1.54) is 0 Å². The molecule has 1 aromatic heterocycles. The second-order valence-electron chi connectivity index (χ2n) is 9.36. The van der Waals surface area contributed by atoms with Crippen LogP contribution in [-0.2, 0) is 6.54 Å². The van der Waals surface area contributed by atoms with Crippen LogP contribution in [0.5, 0.6) is 5.75 Å². The first-order chi connectivity index (χ1) is 19.5. The average Bonchev–Trinajstić information content (AvgIpc) is 3.00. The Hall–Kier alpha value is -4.56. The molecule has 2 amide bonds. The Kier molecular flexibility index (Phi) is 8.47. The molecule has 0 saturated carbocycles. The van der Waals surface area contributed by atoms with Gasteiger partial charge in [-0.3, -0.25) is 14.6 Å². The number of hydrogen-bond acceptors (Lipinski definition) is 6. The van der Waals surface area contributed by atoms with Crippen LogP contribution in [0.15, 0.2) is 91.3 Å². The van der Waals surface area contributed by atoms with E-state index >= 15 is 0 Å². The number of pyridine rings is 1. The zero-order valence-electron chi connectivity index (χ0n) is 22.1. The number of methoxy groups -OCH3 is 1. The van der Waals surface area contributed by atoms with Crippen molar-refractivity contribution >= 4 is 40.5 Å². The molecular formula is C31H30ClN5O3. The number of carbonyl (C=O) groups excluding carboxylic acids is 2. The van der Waals surface area contributed by atoms with Crippen molar-refractivity contribution in [2.45, 2.75) is 6.54 Å². The fourth-order valence-corrected chi connectivity index (χ4v) is 5.00. The highest BCUT2D eigenvalue weighted by molar-refractivity contribution is 6.34. The summed E-state index contributed by atoms with van der Waals surface area (Å²) < 4.78 is 5.55. The summed E-state index contributed by atoms with van der Waals surface area (Å²) in [6.45, 7) is 3.30. The second kappa shape index (κ2) is 12.5. The number of halogens is 1. The lowest BCUT2D eigenvalue weighted by Crippen LogP contribution is -2.47. The molecule has 1 aliphatic rings. The number of hydrogen-bond donors (Lipinski definition) is 2. The molecule has 1 saturated heterocycles. The van der Waals surface area contributed by atoms with Gasteiger partial charge >= 0.3 is 0 Å². The Morgan fingerprint density at radius 1 is 0.850 bits per heavy atom. The van der Waals surface area contributed by atoms with E-state index in [1.54, 1.807) is 49.8 Å². The minimum absolute atomic E-state index is 0.236. The van der Waals surface area contributed by atoms with E-state index < -0.39 is 0 Å². The fourth-order valence-electron chi connectivity index (χ4n) is 4.77. The Labute approximate surface area is 238 Å². The van der Waals surface area contributed by atoms with Crippen LogP contribution in [0.3, 0.4) is 0 Å². The molecule has 4 aromatic rings. The van der Waals surface area contributed by atoms with E-state index in [2.05, 4.69) is 31.5 Å². The molecule has 0 bridgehead atoms. The normalized spacial score (nSPS) is 13.1. The van der Waals surface area contributed by atoms with Crippen molar-refractivity contribution in [2.24, 2.45) is 0 Å². The number of nitrogens with zero attached hydrogens (tertiary/aromatic N) is 3. The van der Waals surface area contributed by atoms with Gasteiger partial charge in [0.2, 0.25) is 0 Å². The van der Waals surface area contributed by atoms with Crippen molar-refractivity contribution in [1.29, 1.82) is 0 Å². The van der Waals surface area contributed by atoms with Crippen LogP contribution < -0.4 is 25.2 Å². The van der Waals surface area contributed by atoms with Crippen LogP contribution in [0.2, 0.25) is 5.02 Å². The van der Waals surface area contributed by atoms with E-state index in [9.17, 15) is 9.59 Å². The highest BCUT2D eigenvalue weighted by Gasteiger charge is 2.24. The minimum atomic E-state index is -0.342. The lowest BCUT2D eigenvalue weighted by Gasteiger charge is -2.38. The standard InChI is InChI=1S/C31H30ClN5O3/c1-40-29-11-5-4-10-28(29)37-17-15-36(16-18-37)27-13-12-23(35-31(39)24-8-2-3-9-26(24)32)19-25(27)30(38)34-21-22-7-6-14-33-20-22/h2-14,19-20H,15-18,21H2,1H3,(H,34,38)(H,35,39). The van der Waals surface area contributed by atoms with Gasteiger partial charge in [0.05, 0.1) is 28.9 Å². The van der Waals surface area contributed by atoms with Crippen LogP contribution in [0.4, 0.5) is 17.1 Å². The summed E-state index contributed by atoms with van der Waals surface area (Å²) in [5.41, 5.74) is 4.10. The second-order valence-corrected chi connectivity index (χ2v) is 9.76. The molecule has 1 aliphatic heterocycles. The van der Waals surface area contributed by atoms with Crippen molar-refractivity contribution in [3.63, 3.8) is 0 Å². The third-order valence-corrected chi connectivity index (χ3v) is 7.17. The Morgan fingerprint density at radius 2 is 1.57 bits per heavy atom. The van der Waals surface area contributed by atoms with Gasteiger partial charge in [-0.1, -0.05) is 41.9 Å². The number of anilines is 3. The van der Waals surface area contributed by atoms with Gasteiger partial charge in [0.25, 0.3) is 11.8 Å². The molecule has 40 heavy (non-hydrogen) atoms. The van der Waals surface area contributed by atoms with Gasteiger partial charge in [-0.2, -0.15) is 0 Å². The molecule has 0 aliphatic carbocycles. The number of rotatable bonds is 8. The molecule has 9 heteroatoms. The summed E-state index contributed by atoms with van der Waals surface area (Å²) in [7, 11) is 1.68. The first-order valence-electron chi connectivity index (χ1n) is 13.0. The average molecular weight is 556 g/mol. The lowest BCUT2D eigenvalue weighted by atomic mass is 10.1. The largest absolute Gasteiger partial charge is 0.495 e. The number of ether oxygens (including phenoxy) is 1. The SMILES string of the molecule is COc1ccccc1N1CCN(c2ccc(NC(=O)c3ccccc3Cl)cc2C(=O)NCc2cccnc2)CC1. The molecule has 2 heterocycles. The van der Waals surface area contributed by atoms with Crippen LogP contribution in [-0.4, -0.2) is 50.1 Å². The minimum Gasteiger partial charge on any atom is -0.495 e. The Balaban J connectivity index is 1.37. The maximum Gasteiger partial charge on any atom is 0.257 e. The van der Waals surface area contributed by atoms with E-state index in [0.29, 0.717) is 41.5 Å². The zero-order valence-corrected chi connectivity index (χ0v) is 22.9. The maximum absolute atomic E-state index is 13.5. The van der Waals surface area contributed by atoms with Crippen LogP contribution in [0, 0.1) is 0 Å². The Morgan fingerprint density at radius 3 is 2.30 bits per heavy atom. The number of carbonyl (C=O) groups is 2. The van der Waals surface area contributed by atoms with Crippen molar-refractivity contribution in [2.75, 3.05) is 48.4 Å². The topological polar surface area (TPSA) is 86.8 Å². The molecule has 0 unspecified atom stereocenters. The van der Waals surface area contributed by atoms with Gasteiger partial charge in [-0.05, 0) is 54.1 Å². The van der Waals surface area contributed by atoms with Crippen molar-refractivity contribution < 1.29 is 14.3 Å². The quantitative estimate of drug-likeness (QED) is 0.309. The summed E-state index contributed by atoms with van der Waals surface area (Å²) in [6, 6.07) is 24.0. The highest BCUT2D eigenvalue weighted by Crippen LogP contribution is 2.31. The number of para-hydroxylation sites is 2. The summed E-state index contributed by atoms with van der Waals surface area (Å²) in [4.78, 5) is 35.0. The third-order valence-electron chi connectivity index (χ3n) is 6.84. The van der Waals surface area contributed by atoms with Gasteiger partial charge in [0.1, 0.15) is 5.75 Å².